The Labute approximate surface area is 181 Å². The monoisotopic (exact) mass is 415 g/mol. The van der Waals surface area contributed by atoms with Gasteiger partial charge in [0.1, 0.15) is 6.26 Å². The summed E-state index contributed by atoms with van der Waals surface area (Å²) < 4.78 is 5.15. The Morgan fingerprint density at radius 2 is 1.71 bits per heavy atom. The summed E-state index contributed by atoms with van der Waals surface area (Å²) in [5.74, 6) is -0.326. The number of carbonyl (C=O) groups excluding carboxylic acids is 2. The Balaban J connectivity index is 1.52. The molecule has 31 heavy (non-hydrogen) atoms. The van der Waals surface area contributed by atoms with Crippen LogP contribution in [0.15, 0.2) is 84.1 Å². The van der Waals surface area contributed by atoms with Gasteiger partial charge in [-0.25, -0.2) is 0 Å². The molecule has 1 aliphatic rings. The van der Waals surface area contributed by atoms with E-state index in [4.69, 9.17) is 4.52 Å². The molecule has 0 radical (unpaired) electrons. The number of nitrogens with zero attached hydrogens (tertiary/aromatic N) is 2. The number of likely N-dealkylation sites (tertiary alicyclic amines) is 1. The molecule has 1 saturated heterocycles. The number of piperidine rings is 1. The molecule has 0 atom stereocenters. The summed E-state index contributed by atoms with van der Waals surface area (Å²) in [7, 11) is 0. The van der Waals surface area contributed by atoms with Crippen LogP contribution in [0.2, 0.25) is 0 Å². The van der Waals surface area contributed by atoms with Gasteiger partial charge in [-0.05, 0) is 30.0 Å². The number of hydrogen-bond donors (Lipinski definition) is 1. The van der Waals surface area contributed by atoms with Gasteiger partial charge < -0.3 is 14.7 Å². The quantitative estimate of drug-likeness (QED) is 0.621. The lowest BCUT2D eigenvalue weighted by Gasteiger charge is -2.42. The minimum absolute atomic E-state index is 0.135. The van der Waals surface area contributed by atoms with E-state index in [0.717, 1.165) is 24.0 Å². The van der Waals surface area contributed by atoms with Crippen molar-refractivity contribution in [1.29, 1.82) is 0 Å². The van der Waals surface area contributed by atoms with Crippen molar-refractivity contribution in [3.05, 3.63) is 90.8 Å². The van der Waals surface area contributed by atoms with Gasteiger partial charge in [-0.2, -0.15) is 0 Å². The Bertz CT molecular complexity index is 1050. The van der Waals surface area contributed by atoms with Crippen molar-refractivity contribution < 1.29 is 14.1 Å². The molecule has 3 aromatic rings. The second-order valence-corrected chi connectivity index (χ2v) is 7.80. The minimum Gasteiger partial charge on any atom is -0.363 e. The van der Waals surface area contributed by atoms with E-state index in [0.29, 0.717) is 30.9 Å². The fourth-order valence-electron chi connectivity index (χ4n) is 4.19. The summed E-state index contributed by atoms with van der Waals surface area (Å²) in [6, 6.07) is 19.8. The molecule has 1 aliphatic heterocycles. The van der Waals surface area contributed by atoms with E-state index >= 15 is 0 Å². The zero-order valence-corrected chi connectivity index (χ0v) is 17.3. The molecule has 4 rings (SSSR count). The summed E-state index contributed by atoms with van der Waals surface area (Å²) in [6.45, 7) is 5.18. The van der Waals surface area contributed by atoms with Gasteiger partial charge in [-0.1, -0.05) is 72.4 Å². The molecule has 1 N–H and O–H groups in total. The molecule has 0 bridgehead atoms. The van der Waals surface area contributed by atoms with Crippen molar-refractivity contribution in [3.8, 4) is 11.1 Å². The predicted molar refractivity (Wildman–Crippen MR) is 118 cm³/mol. The molecule has 0 saturated carbocycles. The van der Waals surface area contributed by atoms with Crippen LogP contribution < -0.4 is 5.32 Å². The number of hydrogen-bond acceptors (Lipinski definition) is 4. The molecule has 1 fully saturated rings. The van der Waals surface area contributed by atoms with Gasteiger partial charge in [-0.3, -0.25) is 9.59 Å². The molecule has 2 aromatic carbocycles. The highest BCUT2D eigenvalue weighted by molar-refractivity contribution is 5.98. The molecule has 6 nitrogen and oxygen atoms in total. The lowest BCUT2D eigenvalue weighted by molar-refractivity contribution is -0.116. The highest BCUT2D eigenvalue weighted by atomic mass is 16.5. The first-order valence-corrected chi connectivity index (χ1v) is 10.4. The van der Waals surface area contributed by atoms with E-state index < -0.39 is 0 Å². The van der Waals surface area contributed by atoms with Crippen molar-refractivity contribution in [2.75, 3.05) is 19.6 Å². The molecule has 1 aromatic heterocycles. The molecule has 2 amide bonds. The maximum absolute atomic E-state index is 13.2. The predicted octanol–water partition coefficient (Wildman–Crippen LogP) is 3.82. The fourth-order valence-corrected chi connectivity index (χ4v) is 4.19. The molecule has 158 valence electrons. The highest BCUT2D eigenvalue weighted by Crippen LogP contribution is 2.36. The van der Waals surface area contributed by atoms with Gasteiger partial charge >= 0.3 is 0 Å². The minimum atomic E-state index is -0.233. The number of amides is 2. The average molecular weight is 415 g/mol. The SMILES string of the molecule is C=CC(=O)NCC1(c2ccccc2)CCN(C(=O)c2nocc2-c2ccccc2)CC1. The highest BCUT2D eigenvalue weighted by Gasteiger charge is 2.38. The number of nitrogens with one attached hydrogen (secondary N) is 1. The molecule has 2 heterocycles. The number of carbonyl (C=O) groups is 2. The summed E-state index contributed by atoms with van der Waals surface area (Å²) in [5, 5.41) is 6.95. The van der Waals surface area contributed by atoms with Crippen molar-refractivity contribution in [2.45, 2.75) is 18.3 Å². The lowest BCUT2D eigenvalue weighted by Crippen LogP contribution is -2.50. The number of rotatable bonds is 6. The number of aromatic nitrogens is 1. The maximum atomic E-state index is 13.2. The van der Waals surface area contributed by atoms with Crippen LogP contribution in [0, 0.1) is 0 Å². The van der Waals surface area contributed by atoms with E-state index in [2.05, 4.69) is 29.2 Å². The van der Waals surface area contributed by atoms with Crippen LogP contribution in [0.1, 0.15) is 28.9 Å². The molecule has 0 spiro atoms. The zero-order chi connectivity index (χ0) is 21.7. The van der Waals surface area contributed by atoms with Gasteiger partial charge in [0.15, 0.2) is 5.69 Å². The van der Waals surface area contributed by atoms with Gasteiger partial charge in [0.05, 0.1) is 5.56 Å². The fraction of sp³-hybridized carbons (Fsp3) is 0.240. The maximum Gasteiger partial charge on any atom is 0.276 e. The van der Waals surface area contributed by atoms with Crippen LogP contribution in [0.3, 0.4) is 0 Å². The van der Waals surface area contributed by atoms with Crippen molar-refractivity contribution in [1.82, 2.24) is 15.4 Å². The summed E-state index contributed by atoms with van der Waals surface area (Å²) in [5.41, 5.74) is 2.86. The van der Waals surface area contributed by atoms with Gasteiger partial charge in [0.25, 0.3) is 5.91 Å². The van der Waals surface area contributed by atoms with Crippen LogP contribution in [-0.4, -0.2) is 41.5 Å². The molecular formula is C25H25N3O3. The third-order valence-corrected chi connectivity index (χ3v) is 6.04. The zero-order valence-electron chi connectivity index (χ0n) is 17.3. The van der Waals surface area contributed by atoms with Gasteiger partial charge in [-0.15, -0.1) is 0 Å². The average Bonchev–Trinajstić information content (AvgIpc) is 3.33. The van der Waals surface area contributed by atoms with Crippen LogP contribution in [0.5, 0.6) is 0 Å². The molecule has 6 heteroatoms. The smallest absolute Gasteiger partial charge is 0.276 e. The summed E-state index contributed by atoms with van der Waals surface area (Å²) in [6.07, 6.45) is 4.27. The van der Waals surface area contributed by atoms with Crippen molar-refractivity contribution in [3.63, 3.8) is 0 Å². The summed E-state index contributed by atoms with van der Waals surface area (Å²) >= 11 is 0. The summed E-state index contributed by atoms with van der Waals surface area (Å²) in [4.78, 5) is 26.9. The van der Waals surface area contributed by atoms with E-state index in [1.807, 2.05) is 53.4 Å². The van der Waals surface area contributed by atoms with Crippen molar-refractivity contribution in [2.24, 2.45) is 0 Å². The molecular weight excluding hydrogens is 390 g/mol. The third-order valence-electron chi connectivity index (χ3n) is 6.04. The molecule has 0 unspecified atom stereocenters. The van der Waals surface area contributed by atoms with Gasteiger partial charge in [0.2, 0.25) is 5.91 Å². The first-order valence-electron chi connectivity index (χ1n) is 10.4. The normalized spacial score (nSPS) is 15.3. The Kier molecular flexibility index (Phi) is 5.98. The van der Waals surface area contributed by atoms with Crippen LogP contribution >= 0.6 is 0 Å². The molecule has 0 aliphatic carbocycles. The Morgan fingerprint density at radius 1 is 1.06 bits per heavy atom. The lowest BCUT2D eigenvalue weighted by atomic mass is 9.72. The first-order chi connectivity index (χ1) is 15.1. The van der Waals surface area contributed by atoms with Gasteiger partial charge in [0, 0.05) is 25.0 Å². The van der Waals surface area contributed by atoms with Crippen molar-refractivity contribution >= 4 is 11.8 Å². The topological polar surface area (TPSA) is 75.4 Å². The van der Waals surface area contributed by atoms with E-state index in [9.17, 15) is 9.59 Å². The Morgan fingerprint density at radius 3 is 2.35 bits per heavy atom. The second-order valence-electron chi connectivity index (χ2n) is 7.80. The Hall–Kier alpha value is -3.67. The second kappa shape index (κ2) is 9.00. The van der Waals surface area contributed by atoms with E-state index in [1.165, 1.54) is 12.3 Å². The van der Waals surface area contributed by atoms with E-state index in [-0.39, 0.29) is 17.2 Å². The van der Waals surface area contributed by atoms with Crippen LogP contribution in [0.4, 0.5) is 0 Å². The largest absolute Gasteiger partial charge is 0.363 e. The van der Waals surface area contributed by atoms with Crippen LogP contribution in [0.25, 0.3) is 11.1 Å². The standard InChI is InChI=1S/C25H25N3O3/c1-2-22(29)26-18-25(20-11-7-4-8-12-20)13-15-28(16-14-25)24(30)23-21(17-31-27-23)19-9-5-3-6-10-19/h2-12,17H,1,13-16,18H2,(H,26,29). The first kappa shape index (κ1) is 20.6. The van der Waals surface area contributed by atoms with Crippen LogP contribution in [-0.2, 0) is 10.2 Å². The third kappa shape index (κ3) is 4.28. The number of benzene rings is 2. The van der Waals surface area contributed by atoms with E-state index in [1.54, 1.807) is 0 Å².